The van der Waals surface area contributed by atoms with Crippen molar-refractivity contribution in [3.05, 3.63) is 182 Å². The van der Waals surface area contributed by atoms with Crippen LogP contribution < -0.4 is 0 Å². The van der Waals surface area contributed by atoms with Crippen LogP contribution in [0, 0.1) is 0 Å². The molecule has 0 fully saturated rings. The van der Waals surface area contributed by atoms with E-state index in [1.807, 2.05) is 78.9 Å². The van der Waals surface area contributed by atoms with E-state index in [2.05, 4.69) is 108 Å². The molecule has 0 atom stereocenters. The molecule has 4 heterocycles. The van der Waals surface area contributed by atoms with Crippen LogP contribution in [0.5, 0.6) is 0 Å². The number of furan rings is 2. The molecule has 0 bridgehead atoms. The summed E-state index contributed by atoms with van der Waals surface area (Å²) in [4.78, 5) is 15.8. The fourth-order valence-corrected chi connectivity index (χ4v) is 8.55. The molecule has 0 saturated carbocycles. The molecule has 57 heavy (non-hydrogen) atoms. The molecule has 0 amide bonds. The highest BCUT2D eigenvalue weighted by molar-refractivity contribution is 6.20. The molecule has 0 spiro atoms. The van der Waals surface area contributed by atoms with Gasteiger partial charge in [-0.2, -0.15) is 0 Å². The molecule has 266 valence electrons. The lowest BCUT2D eigenvalue weighted by Crippen LogP contribution is -2.04. The average Bonchev–Trinajstić information content (AvgIpc) is 3.96. The van der Waals surface area contributed by atoms with Gasteiger partial charge >= 0.3 is 0 Å². The van der Waals surface area contributed by atoms with Crippen molar-refractivity contribution in [1.29, 1.82) is 0 Å². The second kappa shape index (κ2) is 12.3. The molecular weight excluding hydrogens is 701 g/mol. The first-order chi connectivity index (χ1) is 28.3. The summed E-state index contributed by atoms with van der Waals surface area (Å²) in [6, 6.07) is 62.6. The monoisotopic (exact) mass is 730 g/mol. The summed E-state index contributed by atoms with van der Waals surface area (Å²) in [7, 11) is 0. The maximum Gasteiger partial charge on any atom is 0.166 e. The molecular formula is C51H30N4O2. The number of aromatic nitrogens is 4. The molecule has 8 aromatic carbocycles. The van der Waals surface area contributed by atoms with Crippen LogP contribution in [-0.2, 0) is 0 Å². The minimum atomic E-state index is 0.555. The van der Waals surface area contributed by atoms with Crippen molar-refractivity contribution in [2.75, 3.05) is 0 Å². The van der Waals surface area contributed by atoms with E-state index in [9.17, 15) is 0 Å². The van der Waals surface area contributed by atoms with Gasteiger partial charge in [0.15, 0.2) is 17.5 Å². The molecule has 12 rings (SSSR count). The summed E-state index contributed by atoms with van der Waals surface area (Å²) in [5.74, 6) is 1.74. The standard InChI is InChI=1S/C51H30N4O2/c1-3-14-31(15-4-1)49-52-50(32-16-5-2-6-17-32)54-51(53-49)47-41(55-39-22-10-7-18-35(39)36-19-8-11-23-40(36)55)27-29-45-48(47)46-34(21-13-25-44(46)57-45)33-26-28-43-38(30-33)37-20-9-12-24-42(37)56-43/h1-30H. The van der Waals surface area contributed by atoms with Crippen molar-refractivity contribution in [2.24, 2.45) is 0 Å². The minimum absolute atomic E-state index is 0.555. The fraction of sp³-hybridized carbons (Fsp3) is 0. The third-order valence-corrected chi connectivity index (χ3v) is 11.1. The van der Waals surface area contributed by atoms with Gasteiger partial charge in [0, 0.05) is 43.4 Å². The van der Waals surface area contributed by atoms with E-state index < -0.39 is 0 Å². The van der Waals surface area contributed by atoms with Gasteiger partial charge in [0.1, 0.15) is 22.3 Å². The highest BCUT2D eigenvalue weighted by Gasteiger charge is 2.26. The minimum Gasteiger partial charge on any atom is -0.456 e. The van der Waals surface area contributed by atoms with Gasteiger partial charge in [-0.25, -0.2) is 15.0 Å². The zero-order chi connectivity index (χ0) is 37.5. The van der Waals surface area contributed by atoms with Crippen LogP contribution in [0.1, 0.15) is 0 Å². The summed E-state index contributed by atoms with van der Waals surface area (Å²) in [6.45, 7) is 0. The number of nitrogens with zero attached hydrogens (tertiary/aromatic N) is 4. The van der Waals surface area contributed by atoms with E-state index in [-0.39, 0.29) is 0 Å². The Kier molecular flexibility index (Phi) is 6.83. The van der Waals surface area contributed by atoms with Crippen LogP contribution in [0.4, 0.5) is 0 Å². The van der Waals surface area contributed by atoms with E-state index in [1.54, 1.807) is 0 Å². The summed E-state index contributed by atoms with van der Waals surface area (Å²) in [6.07, 6.45) is 0. The van der Waals surface area contributed by atoms with E-state index in [1.165, 1.54) is 10.8 Å². The lowest BCUT2D eigenvalue weighted by molar-refractivity contribution is 0.669. The highest BCUT2D eigenvalue weighted by Crippen LogP contribution is 2.46. The lowest BCUT2D eigenvalue weighted by Gasteiger charge is -2.16. The Labute approximate surface area is 325 Å². The Balaban J connectivity index is 1.24. The normalized spacial score (nSPS) is 11.9. The largest absolute Gasteiger partial charge is 0.456 e. The third kappa shape index (κ3) is 4.87. The van der Waals surface area contributed by atoms with Crippen LogP contribution in [0.25, 0.3) is 117 Å². The second-order valence-electron chi connectivity index (χ2n) is 14.3. The summed E-state index contributed by atoms with van der Waals surface area (Å²) in [5.41, 5.74) is 11.1. The quantitative estimate of drug-likeness (QED) is 0.176. The molecule has 6 heteroatoms. The van der Waals surface area contributed by atoms with Gasteiger partial charge in [0.25, 0.3) is 0 Å². The van der Waals surface area contributed by atoms with Gasteiger partial charge < -0.3 is 13.4 Å². The van der Waals surface area contributed by atoms with Gasteiger partial charge in [-0.05, 0) is 59.7 Å². The fourth-order valence-electron chi connectivity index (χ4n) is 8.55. The number of fused-ring (bicyclic) bond motifs is 9. The lowest BCUT2D eigenvalue weighted by atomic mass is 9.95. The van der Waals surface area contributed by atoms with E-state index in [4.69, 9.17) is 23.8 Å². The maximum atomic E-state index is 6.80. The smallest absolute Gasteiger partial charge is 0.166 e. The van der Waals surface area contributed by atoms with Crippen LogP contribution in [0.3, 0.4) is 0 Å². The Morgan fingerprint density at radius 2 is 0.877 bits per heavy atom. The predicted octanol–water partition coefficient (Wildman–Crippen LogP) is 13.4. The van der Waals surface area contributed by atoms with Crippen molar-refractivity contribution in [3.63, 3.8) is 0 Å². The molecule has 0 N–H and O–H groups in total. The first-order valence-corrected chi connectivity index (χ1v) is 19.0. The van der Waals surface area contributed by atoms with E-state index in [0.29, 0.717) is 17.5 Å². The molecule has 0 unspecified atom stereocenters. The predicted molar refractivity (Wildman–Crippen MR) is 230 cm³/mol. The molecule has 4 aromatic heterocycles. The number of benzene rings is 8. The van der Waals surface area contributed by atoms with Gasteiger partial charge in [-0.3, -0.25) is 0 Å². The molecule has 0 aliphatic rings. The van der Waals surface area contributed by atoms with Gasteiger partial charge in [-0.1, -0.05) is 133 Å². The van der Waals surface area contributed by atoms with Gasteiger partial charge in [0.2, 0.25) is 0 Å². The Morgan fingerprint density at radius 3 is 1.58 bits per heavy atom. The van der Waals surface area contributed by atoms with Crippen molar-refractivity contribution < 1.29 is 8.83 Å². The number of rotatable bonds is 5. The maximum absolute atomic E-state index is 6.80. The topological polar surface area (TPSA) is 69.9 Å². The second-order valence-corrected chi connectivity index (χ2v) is 14.3. The summed E-state index contributed by atoms with van der Waals surface area (Å²) in [5, 5.41) is 6.41. The molecule has 12 aromatic rings. The number of hydrogen-bond donors (Lipinski definition) is 0. The molecule has 0 saturated heterocycles. The van der Waals surface area contributed by atoms with E-state index in [0.717, 1.165) is 88.4 Å². The van der Waals surface area contributed by atoms with Gasteiger partial charge in [0.05, 0.1) is 22.3 Å². The van der Waals surface area contributed by atoms with E-state index >= 15 is 0 Å². The van der Waals surface area contributed by atoms with Crippen LogP contribution in [-0.4, -0.2) is 19.5 Å². The first-order valence-electron chi connectivity index (χ1n) is 19.0. The van der Waals surface area contributed by atoms with Crippen LogP contribution in [0.2, 0.25) is 0 Å². The SMILES string of the molecule is c1ccc(-c2nc(-c3ccccc3)nc(-c3c(-n4c5ccccc5c5ccccc54)ccc4oc5cccc(-c6ccc7oc8ccccc8c7c6)c5c34)n2)cc1. The first kappa shape index (κ1) is 31.5. The van der Waals surface area contributed by atoms with Crippen LogP contribution in [0.15, 0.2) is 191 Å². The number of para-hydroxylation sites is 3. The van der Waals surface area contributed by atoms with Crippen molar-refractivity contribution in [3.8, 4) is 51.0 Å². The van der Waals surface area contributed by atoms with Gasteiger partial charge in [-0.15, -0.1) is 0 Å². The summed E-state index contributed by atoms with van der Waals surface area (Å²) < 4.78 is 15.4. The zero-order valence-electron chi connectivity index (χ0n) is 30.4. The van der Waals surface area contributed by atoms with Crippen molar-refractivity contribution in [2.45, 2.75) is 0 Å². The van der Waals surface area contributed by atoms with Crippen LogP contribution >= 0.6 is 0 Å². The Morgan fingerprint density at radius 1 is 0.351 bits per heavy atom. The Bertz CT molecular complexity index is 3410. The zero-order valence-corrected chi connectivity index (χ0v) is 30.4. The molecule has 0 aliphatic carbocycles. The third-order valence-electron chi connectivity index (χ3n) is 11.1. The van der Waals surface area contributed by atoms with Crippen molar-refractivity contribution in [1.82, 2.24) is 19.5 Å². The number of hydrogen-bond acceptors (Lipinski definition) is 5. The average molecular weight is 731 g/mol. The molecule has 6 nitrogen and oxygen atoms in total. The highest BCUT2D eigenvalue weighted by atomic mass is 16.3. The molecule has 0 aliphatic heterocycles. The van der Waals surface area contributed by atoms with Crippen molar-refractivity contribution >= 4 is 65.7 Å². The Hall–Kier alpha value is -7.83. The summed E-state index contributed by atoms with van der Waals surface area (Å²) >= 11 is 0. The molecule has 0 radical (unpaired) electrons.